The van der Waals surface area contributed by atoms with Crippen LogP contribution in [-0.4, -0.2) is 5.78 Å². The van der Waals surface area contributed by atoms with Crippen molar-refractivity contribution in [2.24, 2.45) is 5.92 Å². The minimum atomic E-state index is -0.434. The van der Waals surface area contributed by atoms with Gasteiger partial charge >= 0.3 is 11.4 Å². The third-order valence-electron chi connectivity index (χ3n) is 5.08. The van der Waals surface area contributed by atoms with Crippen molar-refractivity contribution >= 4 is 11.4 Å². The zero-order valence-electron chi connectivity index (χ0n) is 13.2. The van der Waals surface area contributed by atoms with E-state index in [0.29, 0.717) is 0 Å². The second-order valence-corrected chi connectivity index (χ2v) is 6.37. The zero-order chi connectivity index (χ0) is 16.0. The Labute approximate surface area is 141 Å². The Kier molecular flexibility index (Phi) is 2.83. The van der Waals surface area contributed by atoms with E-state index in [2.05, 4.69) is 78.9 Å². The molecule has 0 amide bonds. The van der Waals surface area contributed by atoms with Gasteiger partial charge in [-0.1, -0.05) is 66.8 Å². The Morgan fingerprint density at radius 2 is 1.67 bits per heavy atom. The van der Waals surface area contributed by atoms with Crippen LogP contribution in [-0.2, 0) is 5.60 Å². The largest absolute Gasteiger partial charge is 0.352 e. The average molecular weight is 309 g/mol. The molecule has 0 fully saturated rings. The summed E-state index contributed by atoms with van der Waals surface area (Å²) in [4.78, 5) is 0. The molecule has 2 aromatic carbocycles. The topological polar surface area (TPSA) is 11.3 Å². The fraction of sp³-hybridized carbons (Fsp3) is 0.0870. The molecule has 3 aliphatic rings. The van der Waals surface area contributed by atoms with Gasteiger partial charge in [-0.05, 0) is 29.3 Å². The first-order valence-corrected chi connectivity index (χ1v) is 8.34. The summed E-state index contributed by atoms with van der Waals surface area (Å²) in [7, 11) is 0. The Bertz CT molecular complexity index is 957. The van der Waals surface area contributed by atoms with E-state index < -0.39 is 5.60 Å². The van der Waals surface area contributed by atoms with Gasteiger partial charge in [-0.25, -0.2) is 4.42 Å². The van der Waals surface area contributed by atoms with Gasteiger partial charge in [0.1, 0.15) is 5.92 Å². The van der Waals surface area contributed by atoms with Crippen LogP contribution in [0.1, 0.15) is 21.1 Å². The Hall–Kier alpha value is -2.93. The number of fused-ring (bicyclic) bond motifs is 5. The van der Waals surface area contributed by atoms with Gasteiger partial charge in [-0.2, -0.15) is 0 Å². The van der Waals surface area contributed by atoms with E-state index in [4.69, 9.17) is 4.42 Å². The van der Waals surface area contributed by atoms with E-state index in [0.717, 1.165) is 11.3 Å². The van der Waals surface area contributed by atoms with Gasteiger partial charge in [-0.3, -0.25) is 0 Å². The van der Waals surface area contributed by atoms with Crippen LogP contribution in [0.15, 0.2) is 97.1 Å². The molecule has 2 aromatic rings. The molecule has 0 aromatic heterocycles. The highest BCUT2D eigenvalue weighted by Crippen LogP contribution is 2.54. The lowest BCUT2D eigenvalue weighted by atomic mass is 9.85. The summed E-state index contributed by atoms with van der Waals surface area (Å²) in [6.45, 7) is 0. The first-order valence-electron chi connectivity index (χ1n) is 8.34. The van der Waals surface area contributed by atoms with Crippen molar-refractivity contribution in [1.29, 1.82) is 0 Å². The molecule has 0 saturated heterocycles. The average Bonchev–Trinajstić information content (AvgIpc) is 3.08. The fourth-order valence-electron chi connectivity index (χ4n) is 4.00. The van der Waals surface area contributed by atoms with Crippen LogP contribution in [0.3, 0.4) is 0 Å². The monoisotopic (exact) mass is 309 g/mol. The number of carbonyl (C=O) groups excluding carboxylic acids is 1. The summed E-state index contributed by atoms with van der Waals surface area (Å²) in [5.41, 5.74) is 4.56. The first-order chi connectivity index (χ1) is 11.9. The summed E-state index contributed by atoms with van der Waals surface area (Å²) in [5.74, 6) is 1.14. The third-order valence-corrected chi connectivity index (χ3v) is 5.08. The molecule has 2 aliphatic carbocycles. The molecule has 24 heavy (non-hydrogen) atoms. The zero-order valence-corrected chi connectivity index (χ0v) is 13.2. The standard InChI is InChI=1S/C23H17O/c1-3-9-17(10-4-1)22-15-16-23(24-22)20-13-6-2-5-11-18(20)19-12-7-8-14-21(19)23/h1-16,20H/q+1. The van der Waals surface area contributed by atoms with Crippen molar-refractivity contribution in [1.82, 2.24) is 0 Å². The number of allylic oxidation sites excluding steroid dienone is 5. The molecule has 5 rings (SSSR count). The molecule has 0 saturated carbocycles. The van der Waals surface area contributed by atoms with Crippen molar-refractivity contribution in [3.63, 3.8) is 0 Å². The summed E-state index contributed by atoms with van der Waals surface area (Å²) < 4.78 is 6.63. The van der Waals surface area contributed by atoms with Crippen molar-refractivity contribution in [3.05, 3.63) is 114 Å². The van der Waals surface area contributed by atoms with Crippen molar-refractivity contribution in [3.8, 4) is 0 Å². The van der Waals surface area contributed by atoms with Crippen LogP contribution >= 0.6 is 0 Å². The lowest BCUT2D eigenvalue weighted by Crippen LogP contribution is -2.25. The van der Waals surface area contributed by atoms with E-state index in [1.807, 2.05) is 18.2 Å². The molecule has 2 unspecified atom stereocenters. The predicted molar refractivity (Wildman–Crippen MR) is 97.8 cm³/mol. The maximum absolute atomic E-state index is 6.63. The minimum absolute atomic E-state index is 0.197. The molecule has 1 spiro atoms. The molecule has 2 atom stereocenters. The van der Waals surface area contributed by atoms with Gasteiger partial charge in [0.05, 0.1) is 11.1 Å². The second-order valence-electron chi connectivity index (χ2n) is 6.37. The SMILES string of the molecule is C1=CC=C2c3ccccc3C3(C=CC(c4ccccc4)=[O+]3)C2C=C1. The molecular formula is C23H17O+. The number of benzene rings is 2. The second kappa shape index (κ2) is 5.04. The highest BCUT2D eigenvalue weighted by atomic mass is 16.4. The van der Waals surface area contributed by atoms with E-state index in [9.17, 15) is 0 Å². The van der Waals surface area contributed by atoms with Crippen LogP contribution in [0.4, 0.5) is 0 Å². The molecular weight excluding hydrogens is 292 g/mol. The van der Waals surface area contributed by atoms with Crippen LogP contribution in [0.2, 0.25) is 0 Å². The Morgan fingerprint density at radius 3 is 2.58 bits per heavy atom. The van der Waals surface area contributed by atoms with Crippen molar-refractivity contribution in [2.45, 2.75) is 5.60 Å². The lowest BCUT2D eigenvalue weighted by molar-refractivity contribution is -0.378. The van der Waals surface area contributed by atoms with Gasteiger partial charge in [-0.15, -0.1) is 0 Å². The molecule has 1 aliphatic heterocycles. The summed E-state index contributed by atoms with van der Waals surface area (Å²) >= 11 is 0. The van der Waals surface area contributed by atoms with Gasteiger partial charge in [0.2, 0.25) is 0 Å². The fourth-order valence-corrected chi connectivity index (χ4v) is 4.00. The number of hydrogen-bond donors (Lipinski definition) is 0. The van der Waals surface area contributed by atoms with Crippen molar-refractivity contribution in [2.75, 3.05) is 0 Å². The minimum Gasteiger partial charge on any atom is -0.238 e. The van der Waals surface area contributed by atoms with Gasteiger partial charge in [0.15, 0.2) is 0 Å². The maximum atomic E-state index is 6.63. The maximum Gasteiger partial charge on any atom is 0.352 e. The Morgan fingerprint density at radius 1 is 0.833 bits per heavy atom. The van der Waals surface area contributed by atoms with Gasteiger partial charge < -0.3 is 0 Å². The number of ketones is 1. The molecule has 0 radical (unpaired) electrons. The smallest absolute Gasteiger partial charge is 0.238 e. The quantitative estimate of drug-likeness (QED) is 0.656. The predicted octanol–water partition coefficient (Wildman–Crippen LogP) is 5.01. The number of hydrogen-bond acceptors (Lipinski definition) is 0. The van der Waals surface area contributed by atoms with Crippen LogP contribution in [0.5, 0.6) is 0 Å². The van der Waals surface area contributed by atoms with Crippen molar-refractivity contribution < 1.29 is 4.42 Å². The van der Waals surface area contributed by atoms with Gasteiger partial charge in [0.25, 0.3) is 0 Å². The van der Waals surface area contributed by atoms with E-state index in [-0.39, 0.29) is 5.92 Å². The summed E-state index contributed by atoms with van der Waals surface area (Å²) in [5, 5.41) is 0. The lowest BCUT2D eigenvalue weighted by Gasteiger charge is -2.15. The normalized spacial score (nSPS) is 26.1. The van der Waals surface area contributed by atoms with Crippen LogP contribution < -0.4 is 0 Å². The highest BCUT2D eigenvalue weighted by molar-refractivity contribution is 6.06. The highest BCUT2D eigenvalue weighted by Gasteiger charge is 2.59. The van der Waals surface area contributed by atoms with E-state index in [1.54, 1.807) is 0 Å². The summed E-state index contributed by atoms with van der Waals surface area (Å²) in [6.07, 6.45) is 15.2. The molecule has 0 bridgehead atoms. The van der Waals surface area contributed by atoms with Gasteiger partial charge in [0, 0.05) is 12.2 Å². The van der Waals surface area contributed by atoms with E-state index >= 15 is 0 Å². The number of rotatable bonds is 1. The molecule has 1 heterocycles. The third kappa shape index (κ3) is 1.78. The molecule has 1 heteroatoms. The molecule has 0 N–H and O–H groups in total. The van der Waals surface area contributed by atoms with E-state index in [1.165, 1.54) is 16.7 Å². The molecule has 1 nitrogen and oxygen atoms in total. The summed E-state index contributed by atoms with van der Waals surface area (Å²) in [6, 6.07) is 18.9. The Balaban J connectivity index is 1.74. The van der Waals surface area contributed by atoms with Crippen LogP contribution in [0.25, 0.3) is 5.57 Å². The van der Waals surface area contributed by atoms with Crippen LogP contribution in [0, 0.1) is 5.92 Å². The first kappa shape index (κ1) is 13.5. The molecule has 114 valence electrons.